The smallest absolute Gasteiger partial charge is 0.123 e. The van der Waals surface area contributed by atoms with Gasteiger partial charge in [-0.1, -0.05) is 19.3 Å². The lowest BCUT2D eigenvalue weighted by Crippen LogP contribution is -2.60. The molecule has 3 fully saturated rings. The second kappa shape index (κ2) is 5.41. The lowest BCUT2D eigenvalue weighted by Gasteiger charge is -2.56. The monoisotopic (exact) mass is 316 g/mol. The minimum absolute atomic E-state index is 0.139. The molecule has 0 amide bonds. The fraction of sp³-hybridized carbons (Fsp3) is 0.700. The minimum atomic E-state index is 0.139. The van der Waals surface area contributed by atoms with Crippen LogP contribution < -0.4 is 9.47 Å². The maximum atomic E-state index is 6.05. The topological polar surface area (TPSA) is 27.7 Å². The van der Waals surface area contributed by atoms with Crippen molar-refractivity contribution in [2.75, 3.05) is 20.8 Å². The van der Waals surface area contributed by atoms with Crippen LogP contribution in [0.2, 0.25) is 0 Å². The number of methoxy groups -OCH3 is 2. The Kier molecular flexibility index (Phi) is 3.60. The van der Waals surface area contributed by atoms with Crippen molar-refractivity contribution in [3.05, 3.63) is 23.3 Å². The van der Waals surface area contributed by atoms with Crippen LogP contribution in [0.5, 0.6) is 11.5 Å². The van der Waals surface area contributed by atoms with Crippen molar-refractivity contribution in [2.45, 2.75) is 63.4 Å². The molecule has 1 aliphatic heterocycles. The molecule has 3 nitrogen and oxygen atoms in total. The Morgan fingerprint density at radius 1 is 1.00 bits per heavy atom. The second-order valence-electron chi connectivity index (χ2n) is 7.67. The number of hydrogen-bond acceptors (Lipinski definition) is 3. The fourth-order valence-electron chi connectivity index (χ4n) is 5.68. The molecule has 2 aliphatic carbocycles. The normalized spacial score (nSPS) is 31.5. The summed E-state index contributed by atoms with van der Waals surface area (Å²) >= 11 is 0. The third-order valence-electron chi connectivity index (χ3n) is 6.90. The zero-order valence-corrected chi connectivity index (χ0v) is 14.6. The third-order valence-corrected chi connectivity index (χ3v) is 6.90. The van der Waals surface area contributed by atoms with Crippen molar-refractivity contribution in [2.24, 2.45) is 5.41 Å². The Labute approximate surface area is 139 Å². The Morgan fingerprint density at radius 2 is 1.74 bits per heavy atom. The van der Waals surface area contributed by atoms with E-state index in [2.05, 4.69) is 19.1 Å². The molecule has 1 saturated heterocycles. The standard InChI is InChI=1S/C20H28O3/c1-14-11-17(22-3)15(12-16(14)21-2)20-13-23-18(20)7-10-19(20)8-5-4-6-9-19/h11-12,18H,4-10,13H2,1-3H3/t18-,20+/m1/s1. The highest BCUT2D eigenvalue weighted by atomic mass is 16.5. The Bertz CT molecular complexity index is 598. The van der Waals surface area contributed by atoms with E-state index in [0.717, 1.165) is 23.7 Å². The number of rotatable bonds is 3. The average Bonchev–Trinajstić information content (AvgIpc) is 2.75. The Balaban J connectivity index is 1.87. The van der Waals surface area contributed by atoms with E-state index in [1.807, 2.05) is 0 Å². The predicted octanol–water partition coefficient (Wildman–Crippen LogP) is 4.39. The zero-order valence-electron chi connectivity index (χ0n) is 14.6. The van der Waals surface area contributed by atoms with Crippen LogP contribution in [0.3, 0.4) is 0 Å². The molecule has 23 heavy (non-hydrogen) atoms. The van der Waals surface area contributed by atoms with Crippen molar-refractivity contribution >= 4 is 0 Å². The van der Waals surface area contributed by atoms with Gasteiger partial charge in [-0.05, 0) is 55.7 Å². The summed E-state index contributed by atoms with van der Waals surface area (Å²) in [5.41, 5.74) is 3.01. The second-order valence-corrected chi connectivity index (χ2v) is 7.67. The van der Waals surface area contributed by atoms with Crippen molar-refractivity contribution in [1.82, 2.24) is 0 Å². The molecular weight excluding hydrogens is 288 g/mol. The molecule has 4 rings (SSSR count). The van der Waals surface area contributed by atoms with Crippen molar-refractivity contribution < 1.29 is 14.2 Å². The van der Waals surface area contributed by atoms with Crippen molar-refractivity contribution in [1.29, 1.82) is 0 Å². The third kappa shape index (κ3) is 1.92. The summed E-state index contributed by atoms with van der Waals surface area (Å²) in [6.07, 6.45) is 9.65. The first-order valence-corrected chi connectivity index (χ1v) is 9.01. The first kappa shape index (κ1) is 15.3. The van der Waals surface area contributed by atoms with Gasteiger partial charge in [-0.15, -0.1) is 0 Å². The fourth-order valence-corrected chi connectivity index (χ4v) is 5.68. The molecule has 1 heterocycles. The summed E-state index contributed by atoms with van der Waals surface area (Å²) in [5, 5.41) is 0. The molecule has 1 aromatic rings. The molecule has 1 spiro atoms. The van der Waals surface area contributed by atoms with Gasteiger partial charge in [0.1, 0.15) is 11.5 Å². The van der Waals surface area contributed by atoms with Crippen LogP contribution in [0, 0.1) is 12.3 Å². The van der Waals surface area contributed by atoms with Gasteiger partial charge >= 0.3 is 0 Å². The summed E-state index contributed by atoms with van der Waals surface area (Å²) in [7, 11) is 3.55. The first-order valence-electron chi connectivity index (χ1n) is 9.01. The van der Waals surface area contributed by atoms with E-state index in [0.29, 0.717) is 11.5 Å². The zero-order chi connectivity index (χ0) is 16.1. The van der Waals surface area contributed by atoms with Gasteiger partial charge in [-0.3, -0.25) is 0 Å². The maximum Gasteiger partial charge on any atom is 0.123 e. The summed E-state index contributed by atoms with van der Waals surface area (Å²) in [6.45, 7) is 2.93. The van der Waals surface area contributed by atoms with Gasteiger partial charge in [0.25, 0.3) is 0 Å². The first-order chi connectivity index (χ1) is 11.2. The Hall–Kier alpha value is -1.22. The number of aryl methyl sites for hydroxylation is 1. The van der Waals surface area contributed by atoms with Crippen LogP contribution in [0.4, 0.5) is 0 Å². The van der Waals surface area contributed by atoms with Crippen LogP contribution >= 0.6 is 0 Å². The van der Waals surface area contributed by atoms with Gasteiger partial charge in [0.05, 0.1) is 32.3 Å². The molecule has 0 radical (unpaired) electrons. The predicted molar refractivity (Wildman–Crippen MR) is 90.5 cm³/mol. The van der Waals surface area contributed by atoms with E-state index in [1.54, 1.807) is 14.2 Å². The maximum absolute atomic E-state index is 6.05. The van der Waals surface area contributed by atoms with Gasteiger partial charge in [0.2, 0.25) is 0 Å². The van der Waals surface area contributed by atoms with Crippen molar-refractivity contribution in [3.8, 4) is 11.5 Å². The summed E-state index contributed by atoms with van der Waals surface area (Å²) in [6, 6.07) is 4.39. The van der Waals surface area contributed by atoms with Gasteiger partial charge in [-0.2, -0.15) is 0 Å². The largest absolute Gasteiger partial charge is 0.496 e. The number of fused-ring (bicyclic) bond motifs is 2. The molecule has 0 unspecified atom stereocenters. The lowest BCUT2D eigenvalue weighted by molar-refractivity contribution is -0.166. The molecular formula is C20H28O3. The summed E-state index contributed by atoms with van der Waals surface area (Å²) < 4.78 is 17.5. The molecule has 126 valence electrons. The highest BCUT2D eigenvalue weighted by molar-refractivity contribution is 5.53. The average molecular weight is 316 g/mol. The number of benzene rings is 1. The molecule has 3 heteroatoms. The van der Waals surface area contributed by atoms with Gasteiger partial charge in [0, 0.05) is 5.56 Å². The van der Waals surface area contributed by atoms with Crippen LogP contribution in [0.15, 0.2) is 12.1 Å². The molecule has 2 atom stereocenters. The molecule has 1 aromatic carbocycles. The SMILES string of the molecule is COc1cc([C@@]23CO[C@@H]2CCC32CCCCC2)c(OC)cc1C. The number of hydrogen-bond donors (Lipinski definition) is 0. The van der Waals surface area contributed by atoms with E-state index in [4.69, 9.17) is 14.2 Å². The molecule has 2 saturated carbocycles. The molecule has 0 bridgehead atoms. The molecule has 0 aromatic heterocycles. The number of ether oxygens (including phenoxy) is 3. The van der Waals surface area contributed by atoms with E-state index < -0.39 is 0 Å². The van der Waals surface area contributed by atoms with Crippen LogP contribution in [-0.4, -0.2) is 26.9 Å². The van der Waals surface area contributed by atoms with E-state index in [9.17, 15) is 0 Å². The highest BCUT2D eigenvalue weighted by Crippen LogP contribution is 2.67. The lowest BCUT2D eigenvalue weighted by atomic mass is 9.54. The van der Waals surface area contributed by atoms with Crippen LogP contribution in [0.1, 0.15) is 56.1 Å². The molecule has 0 N–H and O–H groups in total. The molecule has 3 aliphatic rings. The summed E-state index contributed by atoms with van der Waals surface area (Å²) in [4.78, 5) is 0. The Morgan fingerprint density at radius 3 is 2.35 bits per heavy atom. The van der Waals surface area contributed by atoms with Crippen molar-refractivity contribution in [3.63, 3.8) is 0 Å². The van der Waals surface area contributed by atoms with Gasteiger partial charge in [-0.25, -0.2) is 0 Å². The summed E-state index contributed by atoms with van der Waals surface area (Å²) in [5.74, 6) is 1.99. The van der Waals surface area contributed by atoms with Crippen LogP contribution in [0.25, 0.3) is 0 Å². The highest BCUT2D eigenvalue weighted by Gasteiger charge is 2.67. The van der Waals surface area contributed by atoms with Gasteiger partial charge in [0.15, 0.2) is 0 Å². The van der Waals surface area contributed by atoms with Gasteiger partial charge < -0.3 is 14.2 Å². The quantitative estimate of drug-likeness (QED) is 0.827. The van der Waals surface area contributed by atoms with E-state index >= 15 is 0 Å². The van der Waals surface area contributed by atoms with Crippen LogP contribution in [-0.2, 0) is 10.2 Å². The van der Waals surface area contributed by atoms with E-state index in [1.165, 1.54) is 50.5 Å². The van der Waals surface area contributed by atoms with E-state index in [-0.39, 0.29) is 5.41 Å². The minimum Gasteiger partial charge on any atom is -0.496 e.